The van der Waals surface area contributed by atoms with E-state index in [0.717, 1.165) is 28.8 Å². The summed E-state index contributed by atoms with van der Waals surface area (Å²) in [4.78, 5) is 28.8. The summed E-state index contributed by atoms with van der Waals surface area (Å²) in [5.41, 5.74) is 2.66. The number of amides is 1. The van der Waals surface area contributed by atoms with Gasteiger partial charge in [0, 0.05) is 18.0 Å². The number of halogens is 1. The van der Waals surface area contributed by atoms with Gasteiger partial charge in [0.25, 0.3) is 0 Å². The molecule has 3 rings (SSSR count). The zero-order valence-electron chi connectivity index (χ0n) is 16.1. The van der Waals surface area contributed by atoms with Crippen molar-refractivity contribution in [3.05, 3.63) is 64.9 Å². The third-order valence-corrected chi connectivity index (χ3v) is 5.22. The molecule has 2 aromatic carbocycles. The molecule has 0 radical (unpaired) electrons. The van der Waals surface area contributed by atoms with Crippen LogP contribution in [-0.2, 0) is 22.4 Å². The minimum Gasteiger partial charge on any atom is -0.356 e. The minimum absolute atomic E-state index is 0.0568. The quantitative estimate of drug-likeness (QED) is 0.581. The molecular formula is C22H24ClN3O2. The standard InChI is InChI=1S/C22H24ClN3O2/c1-15(16(2)27)26-20-11-6-5-10-19(20)25-21(26)12-7-13-24-22(28)14-17-8-3-4-9-18(17)23/h3-6,8-11,15H,7,12-14H2,1-2H3,(H,24,28). The van der Waals surface area contributed by atoms with Crippen LogP contribution in [0.2, 0.25) is 5.02 Å². The number of imidazole rings is 1. The van der Waals surface area contributed by atoms with E-state index in [0.29, 0.717) is 18.0 Å². The Morgan fingerprint density at radius 3 is 2.61 bits per heavy atom. The van der Waals surface area contributed by atoms with Gasteiger partial charge in [0.2, 0.25) is 5.91 Å². The Bertz CT molecular complexity index is 996. The van der Waals surface area contributed by atoms with Crippen LogP contribution >= 0.6 is 11.6 Å². The Morgan fingerprint density at radius 1 is 1.14 bits per heavy atom. The topological polar surface area (TPSA) is 64.0 Å². The van der Waals surface area contributed by atoms with E-state index in [-0.39, 0.29) is 24.2 Å². The number of rotatable bonds is 8. The van der Waals surface area contributed by atoms with Crippen LogP contribution in [0.3, 0.4) is 0 Å². The molecule has 6 heteroatoms. The Hall–Kier alpha value is -2.66. The lowest BCUT2D eigenvalue weighted by atomic mass is 10.1. The predicted octanol–water partition coefficient (Wildman–Crippen LogP) is 4.13. The summed E-state index contributed by atoms with van der Waals surface area (Å²) in [5, 5.41) is 3.53. The second-order valence-electron chi connectivity index (χ2n) is 6.90. The molecule has 0 saturated heterocycles. The number of benzene rings is 2. The number of ketones is 1. The highest BCUT2D eigenvalue weighted by Crippen LogP contribution is 2.22. The second-order valence-corrected chi connectivity index (χ2v) is 7.30. The molecule has 1 unspecified atom stereocenters. The van der Waals surface area contributed by atoms with E-state index >= 15 is 0 Å². The van der Waals surface area contributed by atoms with Crippen molar-refractivity contribution < 1.29 is 9.59 Å². The van der Waals surface area contributed by atoms with Gasteiger partial charge >= 0.3 is 0 Å². The summed E-state index contributed by atoms with van der Waals surface area (Å²) in [7, 11) is 0. The Labute approximate surface area is 169 Å². The maximum absolute atomic E-state index is 12.1. The Kier molecular flexibility index (Phi) is 6.47. The number of Topliss-reactive ketones (excluding diaryl/α,β-unsaturated/α-hetero) is 1. The first-order valence-electron chi connectivity index (χ1n) is 9.43. The number of hydrogen-bond donors (Lipinski definition) is 1. The van der Waals surface area contributed by atoms with Crippen LogP contribution in [-0.4, -0.2) is 27.8 Å². The first-order valence-corrected chi connectivity index (χ1v) is 9.81. The molecule has 0 aliphatic heterocycles. The van der Waals surface area contributed by atoms with E-state index in [9.17, 15) is 9.59 Å². The van der Waals surface area contributed by atoms with Crippen molar-refractivity contribution in [1.82, 2.24) is 14.9 Å². The molecular weight excluding hydrogens is 374 g/mol. The van der Waals surface area contributed by atoms with Gasteiger partial charge < -0.3 is 9.88 Å². The van der Waals surface area contributed by atoms with Crippen molar-refractivity contribution in [3.63, 3.8) is 0 Å². The van der Waals surface area contributed by atoms with Crippen molar-refractivity contribution in [2.45, 2.75) is 39.2 Å². The monoisotopic (exact) mass is 397 g/mol. The van der Waals surface area contributed by atoms with Gasteiger partial charge in [-0.05, 0) is 44.0 Å². The lowest BCUT2D eigenvalue weighted by molar-refractivity contribution is -0.120. The van der Waals surface area contributed by atoms with E-state index < -0.39 is 0 Å². The van der Waals surface area contributed by atoms with Crippen LogP contribution in [0, 0.1) is 0 Å². The van der Waals surface area contributed by atoms with Crippen molar-refractivity contribution >= 4 is 34.3 Å². The second kappa shape index (κ2) is 9.02. The zero-order chi connectivity index (χ0) is 20.1. The number of hydrogen-bond acceptors (Lipinski definition) is 3. The average molecular weight is 398 g/mol. The van der Waals surface area contributed by atoms with Gasteiger partial charge in [-0.15, -0.1) is 0 Å². The Balaban J connectivity index is 1.61. The zero-order valence-corrected chi connectivity index (χ0v) is 16.9. The molecule has 1 amide bonds. The predicted molar refractivity (Wildman–Crippen MR) is 112 cm³/mol. The number of nitrogens with zero attached hydrogens (tertiary/aromatic N) is 2. The SMILES string of the molecule is CC(=O)C(C)n1c(CCCNC(=O)Cc2ccccc2Cl)nc2ccccc21. The third-order valence-electron chi connectivity index (χ3n) is 4.85. The largest absolute Gasteiger partial charge is 0.356 e. The highest BCUT2D eigenvalue weighted by molar-refractivity contribution is 6.31. The van der Waals surface area contributed by atoms with Gasteiger partial charge in [0.1, 0.15) is 5.82 Å². The summed E-state index contributed by atoms with van der Waals surface area (Å²) in [6.45, 7) is 4.03. The molecule has 0 saturated carbocycles. The molecule has 5 nitrogen and oxygen atoms in total. The van der Waals surface area contributed by atoms with Crippen LogP contribution in [0.25, 0.3) is 11.0 Å². The van der Waals surface area contributed by atoms with Crippen molar-refractivity contribution in [2.24, 2.45) is 0 Å². The smallest absolute Gasteiger partial charge is 0.224 e. The number of fused-ring (bicyclic) bond motifs is 1. The average Bonchev–Trinajstić information content (AvgIpc) is 3.04. The van der Waals surface area contributed by atoms with Crippen LogP contribution in [0.1, 0.15) is 37.7 Å². The van der Waals surface area contributed by atoms with Gasteiger partial charge in [0.15, 0.2) is 5.78 Å². The molecule has 146 valence electrons. The van der Waals surface area contributed by atoms with E-state index in [1.165, 1.54) is 0 Å². The van der Waals surface area contributed by atoms with Crippen LogP contribution in [0.4, 0.5) is 0 Å². The lowest BCUT2D eigenvalue weighted by Crippen LogP contribution is -2.27. The van der Waals surface area contributed by atoms with Crippen LogP contribution in [0.15, 0.2) is 48.5 Å². The minimum atomic E-state index is -0.266. The molecule has 0 spiro atoms. The number of carbonyl (C=O) groups excluding carboxylic acids is 2. The van der Waals surface area contributed by atoms with Gasteiger partial charge in [-0.2, -0.15) is 0 Å². The molecule has 1 aromatic heterocycles. The van der Waals surface area contributed by atoms with Gasteiger partial charge in [-0.25, -0.2) is 4.98 Å². The fraction of sp³-hybridized carbons (Fsp3) is 0.318. The number of nitrogens with one attached hydrogen (secondary N) is 1. The van der Waals surface area contributed by atoms with Crippen molar-refractivity contribution in [3.8, 4) is 0 Å². The molecule has 0 bridgehead atoms. The maximum atomic E-state index is 12.1. The fourth-order valence-electron chi connectivity index (χ4n) is 3.24. The van der Waals surface area contributed by atoms with E-state index in [4.69, 9.17) is 16.6 Å². The maximum Gasteiger partial charge on any atom is 0.224 e. The van der Waals surface area contributed by atoms with Gasteiger partial charge in [-0.1, -0.05) is 41.9 Å². The van der Waals surface area contributed by atoms with Crippen molar-refractivity contribution in [2.75, 3.05) is 6.54 Å². The van der Waals surface area contributed by atoms with Gasteiger partial charge in [0.05, 0.1) is 23.5 Å². The molecule has 0 aliphatic carbocycles. The third kappa shape index (κ3) is 4.60. The summed E-state index contributed by atoms with van der Waals surface area (Å²) in [6.07, 6.45) is 1.68. The number of carbonyl (C=O) groups is 2. The van der Waals surface area contributed by atoms with Gasteiger partial charge in [-0.3, -0.25) is 9.59 Å². The Morgan fingerprint density at radius 2 is 1.86 bits per heavy atom. The summed E-state index contributed by atoms with van der Waals surface area (Å²) < 4.78 is 2.00. The first-order chi connectivity index (χ1) is 13.5. The molecule has 28 heavy (non-hydrogen) atoms. The highest BCUT2D eigenvalue weighted by atomic mass is 35.5. The number of aromatic nitrogens is 2. The molecule has 1 atom stereocenters. The lowest BCUT2D eigenvalue weighted by Gasteiger charge is -2.15. The van der Waals surface area contributed by atoms with Crippen LogP contribution < -0.4 is 5.32 Å². The van der Waals surface area contributed by atoms with E-state index in [1.807, 2.05) is 54.0 Å². The summed E-state index contributed by atoms with van der Waals surface area (Å²) in [6, 6.07) is 14.9. The van der Waals surface area contributed by atoms with Crippen LogP contribution in [0.5, 0.6) is 0 Å². The van der Waals surface area contributed by atoms with E-state index in [1.54, 1.807) is 13.0 Å². The molecule has 1 heterocycles. The number of aryl methyl sites for hydroxylation is 1. The first kappa shape index (κ1) is 20.1. The summed E-state index contributed by atoms with van der Waals surface area (Å²) >= 11 is 6.10. The van der Waals surface area contributed by atoms with E-state index in [2.05, 4.69) is 5.32 Å². The molecule has 3 aromatic rings. The molecule has 0 aliphatic rings. The number of para-hydroxylation sites is 2. The van der Waals surface area contributed by atoms with Crippen molar-refractivity contribution in [1.29, 1.82) is 0 Å². The normalized spacial score (nSPS) is 12.1. The fourth-order valence-corrected chi connectivity index (χ4v) is 3.44. The molecule has 1 N–H and O–H groups in total. The summed E-state index contributed by atoms with van der Waals surface area (Å²) in [5.74, 6) is 0.903. The molecule has 0 fully saturated rings. The highest BCUT2D eigenvalue weighted by Gasteiger charge is 2.18.